The molecule has 1 saturated carbocycles. The number of nitrogens with one attached hydrogen (secondary N) is 1. The Morgan fingerprint density at radius 2 is 2.10 bits per heavy atom. The number of ether oxygens (including phenoxy) is 2. The van der Waals surface area contributed by atoms with Crippen molar-refractivity contribution in [2.24, 2.45) is 5.41 Å². The lowest BCUT2D eigenvalue weighted by atomic mass is 9.90. The first-order valence-corrected chi connectivity index (χ1v) is 7.76. The maximum atomic E-state index is 5.92. The molecule has 0 bridgehead atoms. The molecule has 2 aliphatic rings. The molecule has 2 fully saturated rings. The lowest BCUT2D eigenvalue weighted by Gasteiger charge is -2.37. The Labute approximate surface area is 121 Å². The zero-order valence-corrected chi connectivity index (χ0v) is 12.4. The zero-order chi connectivity index (χ0) is 13.8. The molecular formula is C17H25NO2. The van der Waals surface area contributed by atoms with Crippen LogP contribution in [0.1, 0.15) is 38.2 Å². The highest BCUT2D eigenvalue weighted by Crippen LogP contribution is 2.27. The lowest BCUT2D eigenvalue weighted by molar-refractivity contribution is -0.120. The van der Waals surface area contributed by atoms with Crippen LogP contribution in [0.2, 0.25) is 0 Å². The van der Waals surface area contributed by atoms with Gasteiger partial charge in [0.25, 0.3) is 0 Å². The van der Waals surface area contributed by atoms with Gasteiger partial charge in [-0.25, -0.2) is 0 Å². The minimum absolute atomic E-state index is 0.206. The summed E-state index contributed by atoms with van der Waals surface area (Å²) >= 11 is 0. The van der Waals surface area contributed by atoms with Crippen molar-refractivity contribution in [3.05, 3.63) is 29.8 Å². The van der Waals surface area contributed by atoms with Crippen molar-refractivity contribution in [3.63, 3.8) is 0 Å². The molecule has 3 nitrogen and oxygen atoms in total. The van der Waals surface area contributed by atoms with Crippen molar-refractivity contribution in [3.8, 4) is 5.75 Å². The molecule has 0 spiro atoms. The molecule has 3 rings (SSSR count). The van der Waals surface area contributed by atoms with Gasteiger partial charge in [0.2, 0.25) is 0 Å². The lowest BCUT2D eigenvalue weighted by Crippen LogP contribution is -2.44. The van der Waals surface area contributed by atoms with E-state index in [1.54, 1.807) is 0 Å². The Hall–Kier alpha value is -1.06. The van der Waals surface area contributed by atoms with Gasteiger partial charge in [-0.05, 0) is 30.5 Å². The largest absolute Gasteiger partial charge is 0.493 e. The number of hydrogen-bond acceptors (Lipinski definition) is 3. The molecule has 1 N–H and O–H groups in total. The Kier molecular flexibility index (Phi) is 4.27. The zero-order valence-electron chi connectivity index (χ0n) is 12.4. The van der Waals surface area contributed by atoms with Crippen LogP contribution in [0.3, 0.4) is 0 Å². The SMILES string of the molecule is CC1(COc2cccc(CNC3CCCC3)c2)COC1. The molecule has 0 unspecified atom stereocenters. The van der Waals surface area contributed by atoms with Gasteiger partial charge in [-0.2, -0.15) is 0 Å². The molecule has 3 heteroatoms. The van der Waals surface area contributed by atoms with Crippen molar-refractivity contribution in [2.45, 2.75) is 45.2 Å². The fraction of sp³-hybridized carbons (Fsp3) is 0.647. The van der Waals surface area contributed by atoms with Gasteiger partial charge in [0.15, 0.2) is 0 Å². The van der Waals surface area contributed by atoms with E-state index in [1.807, 2.05) is 6.07 Å². The average Bonchev–Trinajstić information content (AvgIpc) is 2.95. The van der Waals surface area contributed by atoms with Gasteiger partial charge in [-0.15, -0.1) is 0 Å². The normalized spacial score (nSPS) is 21.6. The van der Waals surface area contributed by atoms with Gasteiger partial charge in [0.1, 0.15) is 5.75 Å². The van der Waals surface area contributed by atoms with Crippen LogP contribution in [0.5, 0.6) is 5.75 Å². The van der Waals surface area contributed by atoms with E-state index < -0.39 is 0 Å². The summed E-state index contributed by atoms with van der Waals surface area (Å²) in [6.07, 6.45) is 5.41. The first kappa shape index (κ1) is 13.9. The molecule has 0 aromatic heterocycles. The van der Waals surface area contributed by atoms with E-state index in [-0.39, 0.29) is 5.41 Å². The fourth-order valence-electron chi connectivity index (χ4n) is 2.93. The second-order valence-electron chi connectivity index (χ2n) is 6.60. The summed E-state index contributed by atoms with van der Waals surface area (Å²) in [7, 11) is 0. The number of rotatable bonds is 6. The summed E-state index contributed by atoms with van der Waals surface area (Å²) in [4.78, 5) is 0. The first-order valence-electron chi connectivity index (χ1n) is 7.76. The molecule has 20 heavy (non-hydrogen) atoms. The topological polar surface area (TPSA) is 30.5 Å². The minimum atomic E-state index is 0.206. The van der Waals surface area contributed by atoms with Crippen molar-refractivity contribution in [1.82, 2.24) is 5.32 Å². The highest BCUT2D eigenvalue weighted by Gasteiger charge is 2.34. The standard InChI is InChI=1S/C17H25NO2/c1-17(11-19-12-17)13-20-16-8-4-5-14(9-16)10-18-15-6-2-3-7-15/h4-5,8-9,15,18H,2-3,6-7,10-13H2,1H3. The van der Waals surface area contributed by atoms with Gasteiger partial charge in [-0.1, -0.05) is 31.9 Å². The molecule has 1 heterocycles. The summed E-state index contributed by atoms with van der Waals surface area (Å²) in [5.74, 6) is 0.976. The second-order valence-corrected chi connectivity index (χ2v) is 6.60. The fourth-order valence-corrected chi connectivity index (χ4v) is 2.93. The van der Waals surface area contributed by atoms with E-state index in [9.17, 15) is 0 Å². The molecule has 1 aliphatic carbocycles. The number of hydrogen-bond donors (Lipinski definition) is 1. The monoisotopic (exact) mass is 275 g/mol. The van der Waals surface area contributed by atoms with Gasteiger partial charge < -0.3 is 14.8 Å². The van der Waals surface area contributed by atoms with E-state index in [0.29, 0.717) is 6.04 Å². The number of benzene rings is 1. The smallest absolute Gasteiger partial charge is 0.119 e. The van der Waals surface area contributed by atoms with Gasteiger partial charge in [0.05, 0.1) is 19.8 Å². The molecule has 110 valence electrons. The van der Waals surface area contributed by atoms with Crippen LogP contribution in [-0.2, 0) is 11.3 Å². The van der Waals surface area contributed by atoms with E-state index >= 15 is 0 Å². The molecular weight excluding hydrogens is 250 g/mol. The summed E-state index contributed by atoms with van der Waals surface area (Å²) < 4.78 is 11.2. The van der Waals surface area contributed by atoms with Crippen LogP contribution in [0.15, 0.2) is 24.3 Å². The highest BCUT2D eigenvalue weighted by atomic mass is 16.5. The molecule has 1 aliphatic heterocycles. The summed E-state index contributed by atoms with van der Waals surface area (Å²) in [6.45, 7) is 5.53. The van der Waals surface area contributed by atoms with Crippen molar-refractivity contribution < 1.29 is 9.47 Å². The van der Waals surface area contributed by atoms with Gasteiger partial charge in [-0.3, -0.25) is 0 Å². The summed E-state index contributed by atoms with van der Waals surface area (Å²) in [6, 6.07) is 9.17. The molecule has 1 aromatic rings. The van der Waals surface area contributed by atoms with E-state index in [1.165, 1.54) is 31.2 Å². The molecule has 0 atom stereocenters. The van der Waals surface area contributed by atoms with Crippen LogP contribution in [-0.4, -0.2) is 25.9 Å². The van der Waals surface area contributed by atoms with Gasteiger partial charge in [0, 0.05) is 18.0 Å². The van der Waals surface area contributed by atoms with Crippen molar-refractivity contribution in [1.29, 1.82) is 0 Å². The third-order valence-electron chi connectivity index (χ3n) is 4.34. The Bertz CT molecular complexity index is 436. The Morgan fingerprint density at radius 3 is 2.80 bits per heavy atom. The van der Waals surface area contributed by atoms with Crippen LogP contribution in [0.4, 0.5) is 0 Å². The summed E-state index contributed by atoms with van der Waals surface area (Å²) in [5.41, 5.74) is 1.52. The predicted molar refractivity (Wildman–Crippen MR) is 80.0 cm³/mol. The Morgan fingerprint density at radius 1 is 1.30 bits per heavy atom. The Balaban J connectivity index is 1.49. The highest BCUT2D eigenvalue weighted by molar-refractivity contribution is 5.28. The van der Waals surface area contributed by atoms with Crippen molar-refractivity contribution >= 4 is 0 Å². The third-order valence-corrected chi connectivity index (χ3v) is 4.34. The maximum Gasteiger partial charge on any atom is 0.119 e. The van der Waals surface area contributed by atoms with Crippen LogP contribution < -0.4 is 10.1 Å². The molecule has 0 amide bonds. The molecule has 1 aromatic carbocycles. The average molecular weight is 275 g/mol. The predicted octanol–water partition coefficient (Wildman–Crippen LogP) is 3.13. The van der Waals surface area contributed by atoms with E-state index in [4.69, 9.17) is 9.47 Å². The van der Waals surface area contributed by atoms with E-state index in [0.717, 1.165) is 32.1 Å². The summed E-state index contributed by atoms with van der Waals surface area (Å²) in [5, 5.41) is 3.64. The molecule has 0 radical (unpaired) electrons. The van der Waals surface area contributed by atoms with E-state index in [2.05, 4.69) is 30.4 Å². The maximum absolute atomic E-state index is 5.92. The van der Waals surface area contributed by atoms with Crippen LogP contribution >= 0.6 is 0 Å². The molecule has 1 saturated heterocycles. The quantitative estimate of drug-likeness (QED) is 0.865. The second kappa shape index (κ2) is 6.15. The first-order chi connectivity index (χ1) is 9.73. The van der Waals surface area contributed by atoms with Gasteiger partial charge >= 0.3 is 0 Å². The minimum Gasteiger partial charge on any atom is -0.493 e. The van der Waals surface area contributed by atoms with Crippen LogP contribution in [0.25, 0.3) is 0 Å². The van der Waals surface area contributed by atoms with Crippen LogP contribution in [0, 0.1) is 5.41 Å². The third kappa shape index (κ3) is 3.53. The van der Waals surface area contributed by atoms with Crippen molar-refractivity contribution in [2.75, 3.05) is 19.8 Å².